The molecule has 1 fully saturated rings. The number of piperazine rings is 1. The number of nitrogens with one attached hydrogen (secondary N) is 2. The Hall–Kier alpha value is -0.980. The maximum absolute atomic E-state index is 12.1. The average Bonchev–Trinajstić information content (AvgIpc) is 2.61. The first-order chi connectivity index (χ1) is 11.7. The number of hydrogen-bond acceptors (Lipinski definition) is 4. The quantitative estimate of drug-likeness (QED) is 0.732. The summed E-state index contributed by atoms with van der Waals surface area (Å²) in [6, 6.07) is 11.9. The zero-order chi connectivity index (χ0) is 16.8. The standard InChI is InChI=1S/C18H22ClN3OS.ClH/c19-15-5-1-3-14-4-2-6-16(18(14)15)24-13-17(23)21-9-12-22-10-7-20-8-11-22;/h1-6,20H,7-13H2,(H,21,23);1H. The molecule has 2 N–H and O–H groups in total. The Labute approximate surface area is 164 Å². The van der Waals surface area contributed by atoms with Crippen LogP contribution in [0, 0.1) is 0 Å². The molecule has 1 heterocycles. The molecule has 0 aromatic heterocycles. The van der Waals surface area contributed by atoms with Gasteiger partial charge in [0.1, 0.15) is 0 Å². The summed E-state index contributed by atoms with van der Waals surface area (Å²) in [5, 5.41) is 9.20. The molecule has 0 atom stereocenters. The third-order valence-corrected chi connectivity index (χ3v) is 5.51. The summed E-state index contributed by atoms with van der Waals surface area (Å²) < 4.78 is 0. The van der Waals surface area contributed by atoms with Gasteiger partial charge in [-0.1, -0.05) is 35.9 Å². The molecular formula is C18H23Cl2N3OS. The molecule has 25 heavy (non-hydrogen) atoms. The van der Waals surface area contributed by atoms with Gasteiger partial charge in [0.25, 0.3) is 0 Å². The molecule has 0 saturated carbocycles. The van der Waals surface area contributed by atoms with Gasteiger partial charge in [0.15, 0.2) is 0 Å². The van der Waals surface area contributed by atoms with Gasteiger partial charge < -0.3 is 10.6 Å². The predicted molar refractivity (Wildman–Crippen MR) is 109 cm³/mol. The van der Waals surface area contributed by atoms with E-state index in [0.29, 0.717) is 12.3 Å². The second kappa shape index (κ2) is 10.2. The Morgan fingerprint density at radius 1 is 1.20 bits per heavy atom. The molecule has 7 heteroatoms. The summed E-state index contributed by atoms with van der Waals surface area (Å²) >= 11 is 7.86. The van der Waals surface area contributed by atoms with Crippen LogP contribution >= 0.6 is 35.8 Å². The summed E-state index contributed by atoms with van der Waals surface area (Å²) in [5.41, 5.74) is 0. The normalized spacial score (nSPS) is 14.9. The SMILES string of the molecule is Cl.O=C(CSc1cccc2cccc(Cl)c12)NCCN1CCNCC1. The summed E-state index contributed by atoms with van der Waals surface area (Å²) in [7, 11) is 0. The topological polar surface area (TPSA) is 44.4 Å². The minimum atomic E-state index is 0. The van der Waals surface area contributed by atoms with Crippen molar-refractivity contribution in [3.63, 3.8) is 0 Å². The van der Waals surface area contributed by atoms with Gasteiger partial charge in [0.2, 0.25) is 5.91 Å². The lowest BCUT2D eigenvalue weighted by Gasteiger charge is -2.27. The molecule has 4 nitrogen and oxygen atoms in total. The van der Waals surface area contributed by atoms with Crippen molar-refractivity contribution in [2.24, 2.45) is 0 Å². The molecule has 0 radical (unpaired) electrons. The van der Waals surface area contributed by atoms with Crippen LogP contribution in [-0.2, 0) is 4.79 Å². The molecule has 3 rings (SSSR count). The summed E-state index contributed by atoms with van der Waals surface area (Å²) in [4.78, 5) is 15.5. The molecule has 136 valence electrons. The van der Waals surface area contributed by atoms with E-state index in [1.54, 1.807) is 0 Å². The van der Waals surface area contributed by atoms with Gasteiger partial charge in [-0.2, -0.15) is 0 Å². The van der Waals surface area contributed by atoms with E-state index < -0.39 is 0 Å². The smallest absolute Gasteiger partial charge is 0.230 e. The number of halogens is 2. The van der Waals surface area contributed by atoms with Gasteiger partial charge in [-0.05, 0) is 17.5 Å². The number of carbonyl (C=O) groups is 1. The predicted octanol–water partition coefficient (Wildman–Crippen LogP) is 3.03. The van der Waals surface area contributed by atoms with Crippen molar-refractivity contribution in [2.45, 2.75) is 4.90 Å². The average molecular weight is 400 g/mol. The molecule has 0 unspecified atom stereocenters. The highest BCUT2D eigenvalue weighted by Crippen LogP contribution is 2.32. The van der Waals surface area contributed by atoms with E-state index in [1.165, 1.54) is 11.8 Å². The zero-order valence-electron chi connectivity index (χ0n) is 14.0. The highest BCUT2D eigenvalue weighted by molar-refractivity contribution is 8.00. The van der Waals surface area contributed by atoms with Crippen LogP contribution in [0.3, 0.4) is 0 Å². The second-order valence-electron chi connectivity index (χ2n) is 5.82. The van der Waals surface area contributed by atoms with Crippen molar-refractivity contribution < 1.29 is 4.79 Å². The summed E-state index contributed by atoms with van der Waals surface area (Å²) in [6.07, 6.45) is 0. The maximum Gasteiger partial charge on any atom is 0.230 e. The van der Waals surface area contributed by atoms with Crippen molar-refractivity contribution in [1.29, 1.82) is 0 Å². The van der Waals surface area contributed by atoms with Crippen LogP contribution in [0.5, 0.6) is 0 Å². The van der Waals surface area contributed by atoms with E-state index >= 15 is 0 Å². The second-order valence-corrected chi connectivity index (χ2v) is 7.25. The molecule has 0 aliphatic carbocycles. The van der Waals surface area contributed by atoms with E-state index in [1.807, 2.05) is 36.4 Å². The highest BCUT2D eigenvalue weighted by Gasteiger charge is 2.11. The third-order valence-electron chi connectivity index (χ3n) is 4.13. The first kappa shape index (κ1) is 20.3. The zero-order valence-corrected chi connectivity index (χ0v) is 16.4. The summed E-state index contributed by atoms with van der Waals surface area (Å²) in [6.45, 7) is 5.80. The van der Waals surface area contributed by atoms with Crippen molar-refractivity contribution in [2.75, 3.05) is 45.0 Å². The number of rotatable bonds is 6. The van der Waals surface area contributed by atoms with Crippen LogP contribution in [-0.4, -0.2) is 55.8 Å². The van der Waals surface area contributed by atoms with E-state index in [0.717, 1.165) is 53.4 Å². The fourth-order valence-electron chi connectivity index (χ4n) is 2.86. The van der Waals surface area contributed by atoms with Gasteiger partial charge in [-0.25, -0.2) is 0 Å². The Bertz CT molecular complexity index is 703. The van der Waals surface area contributed by atoms with Crippen molar-refractivity contribution in [3.8, 4) is 0 Å². The Morgan fingerprint density at radius 2 is 1.92 bits per heavy atom. The molecular weight excluding hydrogens is 377 g/mol. The molecule has 2 aromatic rings. The molecule has 1 saturated heterocycles. The molecule has 1 aliphatic heterocycles. The van der Waals surface area contributed by atoms with Gasteiger partial charge in [0, 0.05) is 54.6 Å². The highest BCUT2D eigenvalue weighted by atomic mass is 35.5. The van der Waals surface area contributed by atoms with Crippen LogP contribution in [0.15, 0.2) is 41.3 Å². The first-order valence-electron chi connectivity index (χ1n) is 8.24. The van der Waals surface area contributed by atoms with Crippen LogP contribution in [0.4, 0.5) is 0 Å². The Kier molecular flexibility index (Phi) is 8.33. The Balaban J connectivity index is 0.00000225. The molecule has 0 bridgehead atoms. The molecule has 1 aliphatic rings. The van der Waals surface area contributed by atoms with E-state index in [4.69, 9.17) is 11.6 Å². The minimum Gasteiger partial charge on any atom is -0.354 e. The third kappa shape index (κ3) is 5.76. The molecule has 1 amide bonds. The maximum atomic E-state index is 12.1. The number of carbonyl (C=O) groups excluding carboxylic acids is 1. The van der Waals surface area contributed by atoms with Crippen LogP contribution < -0.4 is 10.6 Å². The fraction of sp³-hybridized carbons (Fsp3) is 0.389. The van der Waals surface area contributed by atoms with Crippen LogP contribution in [0.25, 0.3) is 10.8 Å². The van der Waals surface area contributed by atoms with Gasteiger partial charge in [-0.3, -0.25) is 9.69 Å². The number of thioether (sulfide) groups is 1. The number of amides is 1. The van der Waals surface area contributed by atoms with Crippen LogP contribution in [0.2, 0.25) is 5.02 Å². The number of fused-ring (bicyclic) bond motifs is 1. The van der Waals surface area contributed by atoms with E-state index in [9.17, 15) is 4.79 Å². The molecule has 2 aromatic carbocycles. The van der Waals surface area contributed by atoms with E-state index in [2.05, 4.69) is 15.5 Å². The number of hydrogen-bond donors (Lipinski definition) is 2. The number of nitrogens with zero attached hydrogens (tertiary/aromatic N) is 1. The lowest BCUT2D eigenvalue weighted by molar-refractivity contribution is -0.118. The van der Waals surface area contributed by atoms with Gasteiger partial charge in [0.05, 0.1) is 5.75 Å². The van der Waals surface area contributed by atoms with Crippen molar-refractivity contribution >= 4 is 52.4 Å². The minimum absolute atomic E-state index is 0. The summed E-state index contributed by atoms with van der Waals surface area (Å²) in [5.74, 6) is 0.477. The Morgan fingerprint density at radius 3 is 2.68 bits per heavy atom. The van der Waals surface area contributed by atoms with Crippen molar-refractivity contribution in [3.05, 3.63) is 41.4 Å². The van der Waals surface area contributed by atoms with Crippen molar-refractivity contribution in [1.82, 2.24) is 15.5 Å². The fourth-order valence-corrected chi connectivity index (χ4v) is 4.14. The molecule has 0 spiro atoms. The number of benzene rings is 2. The van der Waals surface area contributed by atoms with Crippen LogP contribution in [0.1, 0.15) is 0 Å². The lowest BCUT2D eigenvalue weighted by atomic mass is 10.1. The monoisotopic (exact) mass is 399 g/mol. The largest absolute Gasteiger partial charge is 0.354 e. The van der Waals surface area contributed by atoms with E-state index in [-0.39, 0.29) is 18.3 Å². The van der Waals surface area contributed by atoms with Gasteiger partial charge in [-0.15, -0.1) is 24.2 Å². The first-order valence-corrected chi connectivity index (χ1v) is 9.60. The lowest BCUT2D eigenvalue weighted by Crippen LogP contribution is -2.46. The van der Waals surface area contributed by atoms with Gasteiger partial charge >= 0.3 is 0 Å².